The molecule has 0 saturated heterocycles. The van der Waals surface area contributed by atoms with Crippen molar-refractivity contribution in [1.29, 1.82) is 0 Å². The molecule has 1 aromatic rings. The maximum atomic E-state index is 12.6. The average Bonchev–Trinajstić information content (AvgIpc) is 3.37. The number of aliphatic hydroxyl groups excluding tert-OH is 1. The fraction of sp³-hybridized carbons (Fsp3) is 0.556. The van der Waals surface area contributed by atoms with Crippen LogP contribution in [0, 0.1) is 11.8 Å². The Bertz CT molecular complexity index is 540. The molecule has 0 radical (unpaired) electrons. The van der Waals surface area contributed by atoms with Crippen molar-refractivity contribution in [3.63, 3.8) is 0 Å². The summed E-state index contributed by atoms with van der Waals surface area (Å²) in [6, 6.07) is 8.27. The van der Waals surface area contributed by atoms with Gasteiger partial charge in [-0.05, 0) is 36.8 Å². The zero-order valence-electron chi connectivity index (χ0n) is 14.0. The quantitative estimate of drug-likeness (QED) is 0.803. The van der Waals surface area contributed by atoms with E-state index in [4.69, 9.17) is 0 Å². The Kier molecular flexibility index (Phi) is 5.77. The molecule has 126 valence electrons. The lowest BCUT2D eigenvalue weighted by molar-refractivity contribution is -0.134. The summed E-state index contributed by atoms with van der Waals surface area (Å²) in [6.45, 7) is 4.12. The van der Waals surface area contributed by atoms with E-state index in [1.807, 2.05) is 19.9 Å². The molecule has 2 N–H and O–H groups in total. The fourth-order valence-electron chi connectivity index (χ4n) is 2.57. The number of nitrogens with one attached hydrogen (secondary N) is 1. The second-order valence-corrected chi connectivity index (χ2v) is 6.68. The van der Waals surface area contributed by atoms with Crippen LogP contribution in [0.3, 0.4) is 0 Å². The smallest absolute Gasteiger partial charge is 0.251 e. The molecule has 0 aliphatic heterocycles. The van der Waals surface area contributed by atoms with E-state index in [0.717, 1.165) is 12.8 Å². The predicted molar refractivity (Wildman–Crippen MR) is 88.9 cm³/mol. The number of likely N-dealkylation sites (N-methyl/N-ethyl adjacent to an activating group) is 1. The molecular formula is C18H26N2O3. The molecule has 2 amide bonds. The highest BCUT2D eigenvalue weighted by Crippen LogP contribution is 2.32. The van der Waals surface area contributed by atoms with Crippen LogP contribution in [0.25, 0.3) is 0 Å². The SMILES string of the molecule is CC(C)C(NC(=O)c1ccccc1)C(=O)N(C)CC(O)C1CC1. The molecule has 2 rings (SSSR count). The van der Waals surface area contributed by atoms with E-state index in [-0.39, 0.29) is 17.7 Å². The summed E-state index contributed by atoms with van der Waals surface area (Å²) in [7, 11) is 1.68. The van der Waals surface area contributed by atoms with Gasteiger partial charge in [-0.15, -0.1) is 0 Å². The molecule has 0 bridgehead atoms. The first-order valence-electron chi connectivity index (χ1n) is 8.19. The van der Waals surface area contributed by atoms with E-state index in [2.05, 4.69) is 5.32 Å². The van der Waals surface area contributed by atoms with Crippen LogP contribution in [0.4, 0.5) is 0 Å². The Morgan fingerprint density at radius 3 is 2.39 bits per heavy atom. The van der Waals surface area contributed by atoms with Gasteiger partial charge in [0.1, 0.15) is 6.04 Å². The summed E-state index contributed by atoms with van der Waals surface area (Å²) >= 11 is 0. The minimum Gasteiger partial charge on any atom is -0.391 e. The molecule has 1 aliphatic rings. The minimum absolute atomic E-state index is 0.0318. The van der Waals surface area contributed by atoms with Gasteiger partial charge in [0, 0.05) is 19.2 Å². The van der Waals surface area contributed by atoms with Crippen LogP contribution in [0.5, 0.6) is 0 Å². The van der Waals surface area contributed by atoms with Gasteiger partial charge < -0.3 is 15.3 Å². The van der Waals surface area contributed by atoms with Crippen LogP contribution in [-0.4, -0.2) is 47.6 Å². The van der Waals surface area contributed by atoms with E-state index >= 15 is 0 Å². The largest absolute Gasteiger partial charge is 0.391 e. The second-order valence-electron chi connectivity index (χ2n) is 6.68. The summed E-state index contributed by atoms with van der Waals surface area (Å²) in [6.07, 6.45) is 1.59. The van der Waals surface area contributed by atoms with Crippen LogP contribution in [-0.2, 0) is 4.79 Å². The molecule has 1 aromatic carbocycles. The van der Waals surface area contributed by atoms with Gasteiger partial charge in [-0.2, -0.15) is 0 Å². The number of hydrogen-bond acceptors (Lipinski definition) is 3. The molecular weight excluding hydrogens is 292 g/mol. The Morgan fingerprint density at radius 2 is 1.87 bits per heavy atom. The first kappa shape index (κ1) is 17.5. The van der Waals surface area contributed by atoms with E-state index in [0.29, 0.717) is 18.0 Å². The van der Waals surface area contributed by atoms with Crippen LogP contribution in [0.2, 0.25) is 0 Å². The Morgan fingerprint density at radius 1 is 1.26 bits per heavy atom. The summed E-state index contributed by atoms with van der Waals surface area (Å²) in [4.78, 5) is 26.5. The van der Waals surface area contributed by atoms with Gasteiger partial charge in [0.15, 0.2) is 0 Å². The van der Waals surface area contributed by atoms with E-state index in [1.165, 1.54) is 4.90 Å². The van der Waals surface area contributed by atoms with E-state index in [1.54, 1.807) is 31.3 Å². The molecule has 1 saturated carbocycles. The van der Waals surface area contributed by atoms with Crippen molar-refractivity contribution in [3.8, 4) is 0 Å². The zero-order valence-corrected chi connectivity index (χ0v) is 14.0. The van der Waals surface area contributed by atoms with Crippen LogP contribution in [0.15, 0.2) is 30.3 Å². The summed E-state index contributed by atoms with van der Waals surface area (Å²) in [5, 5.41) is 12.8. The summed E-state index contributed by atoms with van der Waals surface area (Å²) in [5.41, 5.74) is 0.534. The van der Waals surface area contributed by atoms with Crippen molar-refractivity contribution >= 4 is 11.8 Å². The highest BCUT2D eigenvalue weighted by molar-refractivity contribution is 5.97. The number of carbonyl (C=O) groups is 2. The number of hydrogen-bond donors (Lipinski definition) is 2. The summed E-state index contributed by atoms with van der Waals surface area (Å²) < 4.78 is 0. The normalized spacial score (nSPS) is 16.7. The van der Waals surface area contributed by atoms with Crippen molar-refractivity contribution in [3.05, 3.63) is 35.9 Å². The molecule has 5 heteroatoms. The third kappa shape index (κ3) is 4.79. The number of amides is 2. The molecule has 23 heavy (non-hydrogen) atoms. The maximum Gasteiger partial charge on any atom is 0.251 e. The van der Waals surface area contributed by atoms with Crippen LogP contribution >= 0.6 is 0 Å². The van der Waals surface area contributed by atoms with E-state index < -0.39 is 12.1 Å². The molecule has 1 fully saturated rings. The molecule has 2 unspecified atom stereocenters. The van der Waals surface area contributed by atoms with Crippen molar-refractivity contribution < 1.29 is 14.7 Å². The molecule has 5 nitrogen and oxygen atoms in total. The molecule has 0 spiro atoms. The fourth-order valence-corrected chi connectivity index (χ4v) is 2.57. The number of carbonyl (C=O) groups excluding carboxylic acids is 2. The van der Waals surface area contributed by atoms with Gasteiger partial charge in [0.05, 0.1) is 6.10 Å². The van der Waals surface area contributed by atoms with Gasteiger partial charge in [0.2, 0.25) is 5.91 Å². The van der Waals surface area contributed by atoms with Gasteiger partial charge in [-0.3, -0.25) is 9.59 Å². The van der Waals surface area contributed by atoms with Crippen molar-refractivity contribution in [2.24, 2.45) is 11.8 Å². The number of aliphatic hydroxyl groups is 1. The number of rotatable bonds is 7. The van der Waals surface area contributed by atoms with Gasteiger partial charge in [0.25, 0.3) is 5.91 Å². The Balaban J connectivity index is 1.99. The zero-order chi connectivity index (χ0) is 17.0. The topological polar surface area (TPSA) is 69.6 Å². The molecule has 0 heterocycles. The standard InChI is InChI=1S/C18H26N2O3/c1-12(2)16(19-17(22)14-7-5-4-6-8-14)18(23)20(3)11-15(21)13-9-10-13/h4-8,12-13,15-16,21H,9-11H2,1-3H3,(H,19,22). The maximum absolute atomic E-state index is 12.6. The molecule has 0 aromatic heterocycles. The van der Waals surface area contributed by atoms with Gasteiger partial charge >= 0.3 is 0 Å². The lowest BCUT2D eigenvalue weighted by Gasteiger charge is -2.28. The van der Waals surface area contributed by atoms with Crippen LogP contribution < -0.4 is 5.32 Å². The lowest BCUT2D eigenvalue weighted by Crippen LogP contribution is -2.51. The number of nitrogens with zero attached hydrogens (tertiary/aromatic N) is 1. The van der Waals surface area contributed by atoms with Crippen molar-refractivity contribution in [2.75, 3.05) is 13.6 Å². The first-order chi connectivity index (χ1) is 10.9. The summed E-state index contributed by atoms with van der Waals surface area (Å²) in [5.74, 6) is -0.130. The Hall–Kier alpha value is -1.88. The lowest BCUT2D eigenvalue weighted by atomic mass is 10.0. The van der Waals surface area contributed by atoms with Crippen molar-refractivity contribution in [2.45, 2.75) is 38.8 Å². The Labute approximate surface area is 137 Å². The highest BCUT2D eigenvalue weighted by Gasteiger charge is 2.33. The van der Waals surface area contributed by atoms with E-state index in [9.17, 15) is 14.7 Å². The van der Waals surface area contributed by atoms with Gasteiger partial charge in [-0.1, -0.05) is 32.0 Å². The van der Waals surface area contributed by atoms with Crippen molar-refractivity contribution in [1.82, 2.24) is 10.2 Å². The number of benzene rings is 1. The predicted octanol–water partition coefficient (Wildman–Crippen LogP) is 1.67. The third-order valence-electron chi connectivity index (χ3n) is 4.26. The highest BCUT2D eigenvalue weighted by atomic mass is 16.3. The molecule has 1 aliphatic carbocycles. The third-order valence-corrected chi connectivity index (χ3v) is 4.26. The van der Waals surface area contributed by atoms with Gasteiger partial charge in [-0.25, -0.2) is 0 Å². The first-order valence-corrected chi connectivity index (χ1v) is 8.19. The average molecular weight is 318 g/mol. The monoisotopic (exact) mass is 318 g/mol. The van der Waals surface area contributed by atoms with Crippen LogP contribution in [0.1, 0.15) is 37.0 Å². The molecule has 2 atom stereocenters. The minimum atomic E-state index is -0.598. The second kappa shape index (κ2) is 7.59.